The van der Waals surface area contributed by atoms with Crippen molar-refractivity contribution in [1.82, 2.24) is 16.0 Å². The largest absolute Gasteiger partial charge is 0.396 e. The minimum absolute atomic E-state index is 0.387. The Morgan fingerprint density at radius 2 is 0.852 bits per heavy atom. The number of hydrogen-bond donors (Lipinski definition) is 5. The van der Waals surface area contributed by atoms with Gasteiger partial charge in [-0.3, -0.25) is 0 Å². The van der Waals surface area contributed by atoms with E-state index in [0.717, 1.165) is 66.1 Å². The second-order valence-electron chi connectivity index (χ2n) is 9.76. The van der Waals surface area contributed by atoms with E-state index in [1.165, 1.54) is 52.1 Å². The zero-order chi connectivity index (χ0) is 18.8. The molecule has 0 aromatic rings. The molecule has 6 rings (SSSR count). The van der Waals surface area contributed by atoms with Crippen molar-refractivity contribution in [3.8, 4) is 0 Å². The summed E-state index contributed by atoms with van der Waals surface area (Å²) in [6.45, 7) is 10.5. The highest BCUT2D eigenvalue weighted by Crippen LogP contribution is 2.51. The Labute approximate surface area is 165 Å². The molecule has 9 atom stereocenters. The van der Waals surface area contributed by atoms with Crippen LogP contribution < -0.4 is 16.0 Å². The third-order valence-electron chi connectivity index (χ3n) is 8.35. The van der Waals surface area contributed by atoms with Gasteiger partial charge in [0, 0.05) is 13.2 Å². The fourth-order valence-electron chi connectivity index (χ4n) is 6.56. The third-order valence-corrected chi connectivity index (χ3v) is 8.35. The van der Waals surface area contributed by atoms with Crippen LogP contribution in [0, 0.1) is 53.3 Å². The lowest BCUT2D eigenvalue weighted by Crippen LogP contribution is -2.14. The average Bonchev–Trinajstić information content (AvgIpc) is 3.45. The number of rotatable bonds is 6. The molecule has 3 aliphatic heterocycles. The van der Waals surface area contributed by atoms with Crippen molar-refractivity contribution >= 4 is 0 Å². The van der Waals surface area contributed by atoms with E-state index >= 15 is 0 Å². The molecule has 5 nitrogen and oxygen atoms in total. The maximum atomic E-state index is 8.61. The van der Waals surface area contributed by atoms with Gasteiger partial charge in [0.25, 0.3) is 0 Å². The predicted molar refractivity (Wildman–Crippen MR) is 108 cm³/mol. The van der Waals surface area contributed by atoms with Crippen LogP contribution in [0.3, 0.4) is 0 Å². The summed E-state index contributed by atoms with van der Waals surface area (Å²) in [7, 11) is 0. The second kappa shape index (κ2) is 9.08. The van der Waals surface area contributed by atoms with Crippen LogP contribution in [-0.2, 0) is 0 Å². The first-order valence-electron chi connectivity index (χ1n) is 11.6. The minimum Gasteiger partial charge on any atom is -0.396 e. The zero-order valence-corrected chi connectivity index (χ0v) is 17.1. The van der Waals surface area contributed by atoms with E-state index in [2.05, 4.69) is 22.9 Å². The van der Waals surface area contributed by atoms with Gasteiger partial charge in [0.05, 0.1) is 0 Å². The number of piperidine rings is 3. The molecule has 5 heteroatoms. The SMILES string of the molecule is CCCC1[C@H]2CNC[C@@H]12.OCCC1[C@H]2CNC[C@@H]12.OCCC1[C@H]2CNC[C@@H]12. The van der Waals surface area contributed by atoms with E-state index in [4.69, 9.17) is 10.2 Å². The number of aliphatic hydroxyl groups excluding tert-OH is 2. The monoisotopic (exact) mass is 379 g/mol. The molecule has 0 bridgehead atoms. The van der Waals surface area contributed by atoms with Crippen molar-refractivity contribution in [2.75, 3.05) is 52.5 Å². The molecule has 5 N–H and O–H groups in total. The van der Waals surface area contributed by atoms with E-state index in [1.54, 1.807) is 0 Å². The smallest absolute Gasteiger partial charge is 0.0433 e. The zero-order valence-electron chi connectivity index (χ0n) is 17.1. The first kappa shape index (κ1) is 20.1. The van der Waals surface area contributed by atoms with Crippen molar-refractivity contribution in [2.24, 2.45) is 53.3 Å². The van der Waals surface area contributed by atoms with E-state index in [-0.39, 0.29) is 0 Å². The summed E-state index contributed by atoms with van der Waals surface area (Å²) in [5.41, 5.74) is 0. The summed E-state index contributed by atoms with van der Waals surface area (Å²) in [6.07, 6.45) is 4.95. The molecule has 156 valence electrons. The Kier molecular flexibility index (Phi) is 6.76. The molecule has 0 amide bonds. The molecule has 0 aromatic heterocycles. The van der Waals surface area contributed by atoms with E-state index in [1.807, 2.05) is 0 Å². The van der Waals surface area contributed by atoms with Gasteiger partial charge >= 0.3 is 0 Å². The van der Waals surface area contributed by atoms with Crippen LogP contribution in [0.5, 0.6) is 0 Å². The highest BCUT2D eigenvalue weighted by atomic mass is 16.3. The Morgan fingerprint density at radius 3 is 1.11 bits per heavy atom. The number of fused-ring (bicyclic) bond motifs is 3. The van der Waals surface area contributed by atoms with Gasteiger partial charge in [-0.1, -0.05) is 19.8 Å². The lowest BCUT2D eigenvalue weighted by atomic mass is 10.2. The standard InChI is InChI=1S/C8H15N.2C7H13NO/c1-2-3-6-7-4-9-5-8(6)7;2*9-2-1-5-6-3-8-4-7(5)6/h6-9H,2-5H2,1H3;2*5-9H,1-4H2/t6?,7-,8+;2*5?,6-,7+. The summed E-state index contributed by atoms with van der Waals surface area (Å²) in [4.78, 5) is 0. The molecular weight excluding hydrogens is 338 g/mol. The Bertz CT molecular complexity index is 380. The van der Waals surface area contributed by atoms with Crippen LogP contribution in [0.2, 0.25) is 0 Å². The summed E-state index contributed by atoms with van der Waals surface area (Å²) < 4.78 is 0. The molecule has 3 heterocycles. The summed E-state index contributed by atoms with van der Waals surface area (Å²) in [6, 6.07) is 0. The van der Waals surface area contributed by atoms with Crippen LogP contribution in [-0.4, -0.2) is 62.7 Å². The fourth-order valence-corrected chi connectivity index (χ4v) is 6.56. The van der Waals surface area contributed by atoms with Gasteiger partial charge < -0.3 is 26.2 Å². The second-order valence-corrected chi connectivity index (χ2v) is 9.76. The fraction of sp³-hybridized carbons (Fsp3) is 1.00. The molecule has 0 radical (unpaired) electrons. The number of aliphatic hydroxyl groups is 2. The summed E-state index contributed by atoms with van der Waals surface area (Å²) in [5.74, 6) is 8.75. The Balaban J connectivity index is 0.0000001000. The van der Waals surface area contributed by atoms with Crippen LogP contribution in [0.1, 0.15) is 32.6 Å². The first-order chi connectivity index (χ1) is 13.3. The van der Waals surface area contributed by atoms with E-state index in [0.29, 0.717) is 13.2 Å². The molecule has 3 unspecified atom stereocenters. The summed E-state index contributed by atoms with van der Waals surface area (Å²) >= 11 is 0. The van der Waals surface area contributed by atoms with E-state index in [9.17, 15) is 0 Å². The molecule has 27 heavy (non-hydrogen) atoms. The Morgan fingerprint density at radius 1 is 0.556 bits per heavy atom. The van der Waals surface area contributed by atoms with Gasteiger partial charge in [0.2, 0.25) is 0 Å². The van der Waals surface area contributed by atoms with Crippen LogP contribution >= 0.6 is 0 Å². The molecular formula is C22H41N3O2. The molecule has 0 aromatic carbocycles. The van der Waals surface area contributed by atoms with Gasteiger partial charge in [0.15, 0.2) is 0 Å². The number of hydrogen-bond acceptors (Lipinski definition) is 5. The lowest BCUT2D eigenvalue weighted by molar-refractivity contribution is 0.272. The van der Waals surface area contributed by atoms with Gasteiger partial charge in [-0.15, -0.1) is 0 Å². The van der Waals surface area contributed by atoms with Crippen LogP contribution in [0.25, 0.3) is 0 Å². The Hall–Kier alpha value is -0.200. The maximum absolute atomic E-state index is 8.61. The maximum Gasteiger partial charge on any atom is 0.0433 e. The van der Waals surface area contributed by atoms with Crippen molar-refractivity contribution in [3.05, 3.63) is 0 Å². The van der Waals surface area contributed by atoms with Crippen molar-refractivity contribution in [3.63, 3.8) is 0 Å². The van der Waals surface area contributed by atoms with E-state index < -0.39 is 0 Å². The van der Waals surface area contributed by atoms with Crippen molar-refractivity contribution < 1.29 is 10.2 Å². The molecule has 6 fully saturated rings. The van der Waals surface area contributed by atoms with Gasteiger partial charge in [-0.25, -0.2) is 0 Å². The van der Waals surface area contributed by atoms with Crippen LogP contribution in [0.15, 0.2) is 0 Å². The highest BCUT2D eigenvalue weighted by molar-refractivity contribution is 5.04. The molecule has 6 aliphatic rings. The van der Waals surface area contributed by atoms with Gasteiger partial charge in [0.1, 0.15) is 0 Å². The van der Waals surface area contributed by atoms with Gasteiger partial charge in [-0.05, 0) is 105 Å². The minimum atomic E-state index is 0.387. The van der Waals surface area contributed by atoms with Crippen molar-refractivity contribution in [1.29, 1.82) is 0 Å². The first-order valence-corrected chi connectivity index (χ1v) is 11.6. The predicted octanol–water partition coefficient (Wildman–Crippen LogP) is 0.920. The quantitative estimate of drug-likeness (QED) is 0.474. The topological polar surface area (TPSA) is 76.5 Å². The van der Waals surface area contributed by atoms with Crippen LogP contribution in [0.4, 0.5) is 0 Å². The molecule has 3 saturated heterocycles. The molecule has 3 aliphatic carbocycles. The molecule has 3 saturated carbocycles. The highest BCUT2D eigenvalue weighted by Gasteiger charge is 2.52. The van der Waals surface area contributed by atoms with Crippen molar-refractivity contribution in [2.45, 2.75) is 32.6 Å². The lowest BCUT2D eigenvalue weighted by Gasteiger charge is -1.99. The normalized spacial score (nSPS) is 47.0. The number of nitrogens with one attached hydrogen (secondary N) is 3. The van der Waals surface area contributed by atoms with Gasteiger partial charge in [-0.2, -0.15) is 0 Å². The molecule has 0 spiro atoms. The average molecular weight is 380 g/mol. The third kappa shape index (κ3) is 4.53. The summed E-state index contributed by atoms with van der Waals surface area (Å²) in [5, 5.41) is 27.3.